The molecule has 1 aliphatic heterocycles. The zero-order valence-electron chi connectivity index (χ0n) is 20.6. The number of nitrogens with zero attached hydrogens (tertiary/aromatic N) is 5. The van der Waals surface area contributed by atoms with Crippen molar-refractivity contribution in [3.05, 3.63) is 66.7 Å². The van der Waals surface area contributed by atoms with Gasteiger partial charge in [0, 0.05) is 61.2 Å². The van der Waals surface area contributed by atoms with Crippen LogP contribution in [0.2, 0.25) is 0 Å². The third-order valence-electron chi connectivity index (χ3n) is 7.83. The van der Waals surface area contributed by atoms with Gasteiger partial charge in [-0.25, -0.2) is 26.2 Å². The number of alkyl halides is 2. The third kappa shape index (κ3) is 4.46. The predicted molar refractivity (Wildman–Crippen MR) is 137 cm³/mol. The van der Waals surface area contributed by atoms with Crippen molar-refractivity contribution in [2.24, 2.45) is 7.05 Å². The average molecular weight is 526 g/mol. The van der Waals surface area contributed by atoms with Gasteiger partial charge in [0.2, 0.25) is 0 Å². The van der Waals surface area contributed by atoms with E-state index in [1.54, 1.807) is 53.6 Å². The second-order valence-corrected chi connectivity index (χ2v) is 12.1. The lowest BCUT2D eigenvalue weighted by atomic mass is 9.81. The molecular weight excluding hydrogens is 496 g/mol. The SMILES string of the molecule is Cn1cc(-c2cn(S(=O)(=O)c3ccccc3)c3ncc([C@H]4CC[C@@H](N5CCC(F)(F)C5)CC4)cc23)cn1. The van der Waals surface area contributed by atoms with E-state index in [9.17, 15) is 17.2 Å². The molecule has 37 heavy (non-hydrogen) atoms. The fraction of sp³-hybridized carbons (Fsp3) is 0.407. The molecule has 1 saturated heterocycles. The van der Waals surface area contributed by atoms with Gasteiger partial charge in [0.1, 0.15) is 0 Å². The van der Waals surface area contributed by atoms with Crippen LogP contribution in [0.1, 0.15) is 43.6 Å². The number of rotatable bonds is 5. The largest absolute Gasteiger partial charge is 0.294 e. The summed E-state index contributed by atoms with van der Waals surface area (Å²) in [6.07, 6.45) is 10.5. The molecule has 1 aliphatic carbocycles. The van der Waals surface area contributed by atoms with Gasteiger partial charge in [-0.05, 0) is 55.4 Å². The Bertz CT molecular complexity index is 1540. The monoisotopic (exact) mass is 525 g/mol. The van der Waals surface area contributed by atoms with Crippen molar-refractivity contribution >= 4 is 21.1 Å². The van der Waals surface area contributed by atoms with E-state index in [0.717, 1.165) is 47.8 Å². The van der Waals surface area contributed by atoms with Crippen LogP contribution in [0.15, 0.2) is 66.1 Å². The fourth-order valence-corrected chi connectivity index (χ4v) is 7.19. The van der Waals surface area contributed by atoms with Gasteiger partial charge in [0.15, 0.2) is 5.65 Å². The van der Waals surface area contributed by atoms with E-state index in [4.69, 9.17) is 0 Å². The van der Waals surface area contributed by atoms with Crippen molar-refractivity contribution < 1.29 is 17.2 Å². The number of aromatic nitrogens is 4. The van der Waals surface area contributed by atoms with Gasteiger partial charge in [0.25, 0.3) is 15.9 Å². The van der Waals surface area contributed by atoms with Crippen LogP contribution in [0.5, 0.6) is 0 Å². The van der Waals surface area contributed by atoms with Crippen molar-refractivity contribution in [1.29, 1.82) is 0 Å². The molecule has 1 saturated carbocycles. The minimum atomic E-state index is -3.85. The molecule has 4 heterocycles. The summed E-state index contributed by atoms with van der Waals surface area (Å²) in [6.45, 7) is 0.335. The maximum Gasteiger partial charge on any atom is 0.269 e. The number of likely N-dealkylation sites (tertiary alicyclic amines) is 1. The minimum Gasteiger partial charge on any atom is -0.294 e. The molecule has 0 amide bonds. The summed E-state index contributed by atoms with van der Waals surface area (Å²) < 4.78 is 57.4. The van der Waals surface area contributed by atoms with E-state index in [1.165, 1.54) is 3.97 Å². The summed E-state index contributed by atoms with van der Waals surface area (Å²) in [5.41, 5.74) is 2.99. The quantitative estimate of drug-likeness (QED) is 0.365. The number of hydrogen-bond acceptors (Lipinski definition) is 5. The second-order valence-electron chi connectivity index (χ2n) is 10.3. The van der Waals surface area contributed by atoms with Crippen LogP contribution in [0, 0.1) is 0 Å². The van der Waals surface area contributed by atoms with Crippen molar-refractivity contribution in [1.82, 2.24) is 23.6 Å². The standard InChI is InChI=1S/C27H29F2N5O2S/c1-32-16-21(15-31-32)25-17-34(37(35,36)23-5-3-2-4-6-23)26-24(25)13-20(14-30-26)19-7-9-22(10-8-19)33-12-11-27(28,29)18-33/h2-6,13-17,19,22H,7-12,18H2,1H3/t19-,22+. The Morgan fingerprint density at radius 1 is 1.03 bits per heavy atom. The molecular formula is C27H29F2N5O2S. The molecule has 2 aliphatic rings. The summed E-state index contributed by atoms with van der Waals surface area (Å²) in [6, 6.07) is 10.6. The predicted octanol–water partition coefficient (Wildman–Crippen LogP) is 5.04. The number of pyridine rings is 1. The average Bonchev–Trinajstić information content (AvgIpc) is 3.60. The first kappa shape index (κ1) is 24.2. The molecule has 0 spiro atoms. The van der Waals surface area contributed by atoms with Crippen molar-refractivity contribution in [2.45, 2.75) is 54.9 Å². The van der Waals surface area contributed by atoms with Gasteiger partial charge in [0.05, 0.1) is 17.6 Å². The van der Waals surface area contributed by atoms with E-state index in [2.05, 4.69) is 16.1 Å². The molecule has 6 rings (SSSR count). The van der Waals surface area contributed by atoms with Crippen LogP contribution in [0.3, 0.4) is 0 Å². The van der Waals surface area contributed by atoms with E-state index in [1.807, 2.05) is 18.1 Å². The highest BCUT2D eigenvalue weighted by molar-refractivity contribution is 7.90. The maximum absolute atomic E-state index is 13.7. The van der Waals surface area contributed by atoms with E-state index in [0.29, 0.717) is 12.2 Å². The van der Waals surface area contributed by atoms with E-state index < -0.39 is 15.9 Å². The first-order valence-corrected chi connectivity index (χ1v) is 14.1. The Morgan fingerprint density at radius 2 is 1.78 bits per heavy atom. The van der Waals surface area contributed by atoms with Crippen LogP contribution < -0.4 is 0 Å². The molecule has 0 unspecified atom stereocenters. The van der Waals surface area contributed by atoms with Crippen LogP contribution in [0.25, 0.3) is 22.2 Å². The molecule has 0 N–H and O–H groups in total. The van der Waals surface area contributed by atoms with Crippen molar-refractivity contribution in [3.63, 3.8) is 0 Å². The lowest BCUT2D eigenvalue weighted by molar-refractivity contribution is 0.00517. The summed E-state index contributed by atoms with van der Waals surface area (Å²) in [4.78, 5) is 6.81. The van der Waals surface area contributed by atoms with Gasteiger partial charge in [-0.3, -0.25) is 9.58 Å². The Balaban J connectivity index is 1.34. The fourth-order valence-electron chi connectivity index (χ4n) is 5.85. The number of hydrogen-bond donors (Lipinski definition) is 0. The molecule has 2 fully saturated rings. The Kier molecular flexibility index (Phi) is 5.91. The van der Waals surface area contributed by atoms with Crippen LogP contribution >= 0.6 is 0 Å². The molecule has 0 atom stereocenters. The third-order valence-corrected chi connectivity index (χ3v) is 9.50. The minimum absolute atomic E-state index is 0.0481. The molecule has 3 aromatic heterocycles. The Hall–Kier alpha value is -3.11. The zero-order chi connectivity index (χ0) is 25.8. The smallest absolute Gasteiger partial charge is 0.269 e. The summed E-state index contributed by atoms with van der Waals surface area (Å²) >= 11 is 0. The maximum atomic E-state index is 13.7. The lowest BCUT2D eigenvalue weighted by Crippen LogP contribution is -2.37. The van der Waals surface area contributed by atoms with Crippen LogP contribution in [0.4, 0.5) is 8.78 Å². The summed E-state index contributed by atoms with van der Waals surface area (Å²) in [5, 5.41) is 5.03. The highest BCUT2D eigenvalue weighted by Crippen LogP contribution is 2.40. The number of fused-ring (bicyclic) bond motifs is 1. The second kappa shape index (κ2) is 9.02. The molecule has 4 aromatic rings. The highest BCUT2D eigenvalue weighted by Gasteiger charge is 2.41. The van der Waals surface area contributed by atoms with Crippen LogP contribution in [-0.4, -0.2) is 57.1 Å². The summed E-state index contributed by atoms with van der Waals surface area (Å²) in [5.74, 6) is -2.31. The first-order valence-electron chi connectivity index (χ1n) is 12.6. The molecule has 0 radical (unpaired) electrons. The molecule has 0 bridgehead atoms. The molecule has 10 heteroatoms. The molecule has 194 valence electrons. The Morgan fingerprint density at radius 3 is 2.43 bits per heavy atom. The normalized spacial score (nSPS) is 22.6. The lowest BCUT2D eigenvalue weighted by Gasteiger charge is -2.34. The molecule has 1 aromatic carbocycles. The topological polar surface area (TPSA) is 73.0 Å². The molecule has 7 nitrogen and oxygen atoms in total. The summed E-state index contributed by atoms with van der Waals surface area (Å²) in [7, 11) is -2.03. The van der Waals surface area contributed by atoms with Crippen molar-refractivity contribution in [3.8, 4) is 11.1 Å². The van der Waals surface area contributed by atoms with Gasteiger partial charge >= 0.3 is 0 Å². The number of aryl methyl sites for hydroxylation is 1. The van der Waals surface area contributed by atoms with Crippen molar-refractivity contribution in [2.75, 3.05) is 13.1 Å². The Labute approximate surface area is 214 Å². The van der Waals surface area contributed by atoms with Gasteiger partial charge < -0.3 is 0 Å². The first-order chi connectivity index (χ1) is 17.7. The van der Waals surface area contributed by atoms with E-state index >= 15 is 0 Å². The van der Waals surface area contributed by atoms with Gasteiger partial charge in [-0.1, -0.05) is 18.2 Å². The van der Waals surface area contributed by atoms with E-state index in [-0.39, 0.29) is 29.8 Å². The highest BCUT2D eigenvalue weighted by atomic mass is 32.2. The number of benzene rings is 1. The van der Waals surface area contributed by atoms with Gasteiger partial charge in [-0.2, -0.15) is 5.10 Å². The number of halogens is 2. The zero-order valence-corrected chi connectivity index (χ0v) is 21.4. The van der Waals surface area contributed by atoms with Gasteiger partial charge in [-0.15, -0.1) is 0 Å². The van der Waals surface area contributed by atoms with Crippen LogP contribution in [-0.2, 0) is 17.1 Å².